The third kappa shape index (κ3) is 4.78. The molecule has 0 bridgehead atoms. The molecule has 5 rings (SSSR count). The van der Waals surface area contributed by atoms with Crippen LogP contribution in [0.1, 0.15) is 26.3 Å². The number of nitrogen functional groups attached to an aromatic ring is 1. The molecule has 15 heteroatoms. The fraction of sp³-hybridized carbons (Fsp3) is 0.200. The van der Waals surface area contributed by atoms with Crippen LogP contribution in [0.25, 0.3) is 16.8 Å². The van der Waals surface area contributed by atoms with Crippen LogP contribution in [0.15, 0.2) is 48.8 Å². The van der Waals surface area contributed by atoms with E-state index in [4.69, 9.17) is 17.3 Å². The molecule has 3 heterocycles. The van der Waals surface area contributed by atoms with E-state index in [1.165, 1.54) is 18.2 Å². The smallest absolute Gasteiger partial charge is 0.382 e. The van der Waals surface area contributed by atoms with Gasteiger partial charge in [-0.1, -0.05) is 23.7 Å². The number of carbonyl (C=O) groups excluding carboxylic acids is 2. The van der Waals surface area contributed by atoms with Gasteiger partial charge in [0.2, 0.25) is 0 Å². The summed E-state index contributed by atoms with van der Waals surface area (Å²) in [6, 6.07) is 6.37. The number of benzene rings is 2. The molecule has 208 valence electrons. The van der Waals surface area contributed by atoms with E-state index in [-0.39, 0.29) is 23.4 Å². The molecule has 2 atom stereocenters. The van der Waals surface area contributed by atoms with Gasteiger partial charge < -0.3 is 16.0 Å². The van der Waals surface area contributed by atoms with Crippen molar-refractivity contribution in [3.63, 3.8) is 0 Å². The van der Waals surface area contributed by atoms with Crippen molar-refractivity contribution in [3.8, 4) is 11.3 Å². The number of halogens is 7. The maximum Gasteiger partial charge on any atom is 0.418 e. The van der Waals surface area contributed by atoms with Crippen molar-refractivity contribution in [1.29, 1.82) is 0 Å². The second kappa shape index (κ2) is 10.0. The Morgan fingerprint density at radius 2 is 1.77 bits per heavy atom. The predicted molar refractivity (Wildman–Crippen MR) is 131 cm³/mol. The van der Waals surface area contributed by atoms with E-state index in [9.17, 15) is 35.9 Å². The molecule has 3 N–H and O–H groups in total. The molecule has 0 saturated carbocycles. The zero-order valence-corrected chi connectivity index (χ0v) is 20.8. The topological polar surface area (TPSA) is 106 Å². The lowest BCUT2D eigenvalue weighted by Crippen LogP contribution is -2.42. The van der Waals surface area contributed by atoms with Gasteiger partial charge in [-0.05, 0) is 30.3 Å². The van der Waals surface area contributed by atoms with Crippen molar-refractivity contribution < 1.29 is 35.9 Å². The van der Waals surface area contributed by atoms with Gasteiger partial charge in [-0.2, -0.15) is 18.3 Å². The fourth-order valence-corrected chi connectivity index (χ4v) is 4.70. The minimum atomic E-state index is -4.86. The normalized spacial score (nSPS) is 17.4. The lowest BCUT2D eigenvalue weighted by molar-refractivity contribution is -0.136. The van der Waals surface area contributed by atoms with Crippen molar-refractivity contribution in [1.82, 2.24) is 24.8 Å². The summed E-state index contributed by atoms with van der Waals surface area (Å²) in [7, 11) is 0. The molecule has 40 heavy (non-hydrogen) atoms. The third-order valence-electron chi connectivity index (χ3n) is 6.41. The van der Waals surface area contributed by atoms with Crippen molar-refractivity contribution in [2.45, 2.75) is 18.4 Å². The Labute approximate surface area is 226 Å². The van der Waals surface area contributed by atoms with Gasteiger partial charge in [0, 0.05) is 12.1 Å². The van der Waals surface area contributed by atoms with Crippen molar-refractivity contribution in [3.05, 3.63) is 82.1 Å². The summed E-state index contributed by atoms with van der Waals surface area (Å²) in [5, 5.41) is 5.45. The molecule has 2 amide bonds. The first kappa shape index (κ1) is 27.2. The highest BCUT2D eigenvalue weighted by molar-refractivity contribution is 6.34. The average Bonchev–Trinajstić information content (AvgIpc) is 3.47. The van der Waals surface area contributed by atoms with E-state index in [0.29, 0.717) is 6.07 Å². The second-order valence-corrected chi connectivity index (χ2v) is 9.33. The van der Waals surface area contributed by atoms with Gasteiger partial charge >= 0.3 is 6.18 Å². The monoisotopic (exact) mass is 582 g/mol. The zero-order chi connectivity index (χ0) is 28.9. The number of likely N-dealkylation sites (tertiary alicyclic amines) is 1. The van der Waals surface area contributed by atoms with Crippen LogP contribution in [-0.4, -0.2) is 56.6 Å². The van der Waals surface area contributed by atoms with Crippen LogP contribution < -0.4 is 11.1 Å². The number of nitrogens with one attached hydrogen (secondary N) is 1. The van der Waals surface area contributed by atoms with E-state index in [1.54, 1.807) is 0 Å². The Kier molecular flexibility index (Phi) is 6.82. The largest absolute Gasteiger partial charge is 0.418 e. The molecule has 0 spiro atoms. The van der Waals surface area contributed by atoms with Gasteiger partial charge in [0.05, 0.1) is 40.0 Å². The number of carbonyl (C=O) groups is 2. The minimum absolute atomic E-state index is 0.213. The highest BCUT2D eigenvalue weighted by atomic mass is 35.5. The zero-order valence-electron chi connectivity index (χ0n) is 20.0. The van der Waals surface area contributed by atoms with Gasteiger partial charge in [0.15, 0.2) is 5.82 Å². The number of anilines is 1. The van der Waals surface area contributed by atoms with E-state index in [0.717, 1.165) is 33.9 Å². The van der Waals surface area contributed by atoms with E-state index in [1.807, 2.05) is 0 Å². The maximum absolute atomic E-state index is 14.8. The van der Waals surface area contributed by atoms with Crippen LogP contribution in [-0.2, 0) is 6.18 Å². The maximum atomic E-state index is 14.8. The summed E-state index contributed by atoms with van der Waals surface area (Å²) in [5.41, 5.74) is 2.62. The Hall–Kier alpha value is -4.33. The molecule has 0 unspecified atom stereocenters. The number of rotatable bonds is 4. The summed E-state index contributed by atoms with van der Waals surface area (Å²) in [4.78, 5) is 30.3. The summed E-state index contributed by atoms with van der Waals surface area (Å²) in [6.07, 6.45) is -5.71. The molecule has 1 fully saturated rings. The Morgan fingerprint density at radius 1 is 1.05 bits per heavy atom. The average molecular weight is 583 g/mol. The quantitative estimate of drug-likeness (QED) is 0.344. The van der Waals surface area contributed by atoms with Crippen LogP contribution in [0.2, 0.25) is 5.02 Å². The Morgan fingerprint density at radius 3 is 2.48 bits per heavy atom. The minimum Gasteiger partial charge on any atom is -0.382 e. The molecule has 1 saturated heterocycles. The molecule has 2 aromatic heterocycles. The van der Waals surface area contributed by atoms with Crippen molar-refractivity contribution >= 4 is 34.7 Å². The first-order valence-corrected chi connectivity index (χ1v) is 11.9. The number of nitrogens with two attached hydrogens (primary N) is 1. The van der Waals surface area contributed by atoms with Crippen LogP contribution in [0, 0.1) is 11.6 Å². The van der Waals surface area contributed by atoms with Gasteiger partial charge in [-0.3, -0.25) is 9.59 Å². The van der Waals surface area contributed by atoms with Crippen molar-refractivity contribution in [2.24, 2.45) is 0 Å². The lowest BCUT2D eigenvalue weighted by Gasteiger charge is -2.17. The molecule has 1 aliphatic rings. The number of hydrogen-bond donors (Lipinski definition) is 2. The first-order valence-electron chi connectivity index (χ1n) is 11.5. The molecule has 0 radical (unpaired) electrons. The standard InChI is InChI=1S/C25H17ClF6N6O2/c26-20-13(23(39)36-18-9-37(8-17(18)29)24(40)12-3-1-2-4-15(12)27)5-11(6-16(20)28)19-7-14(25(30,31)32)21-22(33)34-10-35-38(19)21/h1-7,10,17-18H,8-9H2,(H,36,39)(H2,33,34,35)/t17-,18+/m0/s1. The number of fused-ring (bicyclic) bond motifs is 1. The first-order chi connectivity index (χ1) is 18.9. The Bertz CT molecular complexity index is 1660. The van der Waals surface area contributed by atoms with Gasteiger partial charge in [0.25, 0.3) is 11.8 Å². The van der Waals surface area contributed by atoms with Gasteiger partial charge in [-0.25, -0.2) is 22.7 Å². The van der Waals surface area contributed by atoms with E-state index in [2.05, 4.69) is 15.4 Å². The molecule has 1 aliphatic heterocycles. The highest BCUT2D eigenvalue weighted by Crippen LogP contribution is 2.39. The number of amides is 2. The van der Waals surface area contributed by atoms with Crippen LogP contribution in [0.4, 0.5) is 32.2 Å². The number of alkyl halides is 4. The Balaban J connectivity index is 1.45. The third-order valence-corrected chi connectivity index (χ3v) is 6.80. The summed E-state index contributed by atoms with van der Waals surface area (Å²) in [5.74, 6) is -4.26. The molecule has 8 nitrogen and oxygen atoms in total. The predicted octanol–water partition coefficient (Wildman–Crippen LogP) is 4.52. The van der Waals surface area contributed by atoms with Gasteiger partial charge in [-0.15, -0.1) is 0 Å². The molecule has 0 aliphatic carbocycles. The molecular weight excluding hydrogens is 566 g/mol. The lowest BCUT2D eigenvalue weighted by atomic mass is 10.1. The number of hydrogen-bond acceptors (Lipinski definition) is 5. The second-order valence-electron chi connectivity index (χ2n) is 8.95. The number of nitrogens with zero attached hydrogens (tertiary/aromatic N) is 4. The van der Waals surface area contributed by atoms with E-state index >= 15 is 0 Å². The van der Waals surface area contributed by atoms with E-state index < -0.39 is 75.9 Å². The molecule has 2 aromatic carbocycles. The summed E-state index contributed by atoms with van der Waals surface area (Å²) >= 11 is 6.00. The van der Waals surface area contributed by atoms with Crippen molar-refractivity contribution in [2.75, 3.05) is 18.8 Å². The SMILES string of the molecule is Nc1ncnn2c(-c3cc(F)c(Cl)c(C(=O)N[C@@H]4CN(C(=O)c5ccccc5F)C[C@@H]4F)c3)cc(C(F)(F)F)c12. The van der Waals surface area contributed by atoms with Gasteiger partial charge in [0.1, 0.15) is 29.7 Å². The van der Waals surface area contributed by atoms with Crippen LogP contribution in [0.3, 0.4) is 0 Å². The summed E-state index contributed by atoms with van der Waals surface area (Å²) < 4.78 is 85.5. The fourth-order valence-electron chi connectivity index (χ4n) is 4.51. The molecule has 4 aromatic rings. The molecular formula is C25H17ClF6N6O2. The number of aromatic nitrogens is 3. The van der Waals surface area contributed by atoms with Crippen LogP contribution >= 0.6 is 11.6 Å². The van der Waals surface area contributed by atoms with Crippen LogP contribution in [0.5, 0.6) is 0 Å². The highest BCUT2D eigenvalue weighted by Gasteiger charge is 2.39. The summed E-state index contributed by atoms with van der Waals surface area (Å²) in [6.45, 7) is -0.772.